The summed E-state index contributed by atoms with van der Waals surface area (Å²) in [6.07, 6.45) is 3.59. The second-order valence-electron chi connectivity index (χ2n) is 7.77. The number of carboxylic acid groups (broad SMARTS) is 1. The van der Waals surface area contributed by atoms with Crippen LogP contribution in [0.4, 0.5) is 13.2 Å². The van der Waals surface area contributed by atoms with Crippen LogP contribution in [-0.2, 0) is 16.1 Å². The zero-order valence-electron chi connectivity index (χ0n) is 16.7. The van der Waals surface area contributed by atoms with Gasteiger partial charge < -0.3 is 19.2 Å². The maximum atomic E-state index is 12.6. The fourth-order valence-electron chi connectivity index (χ4n) is 4.21. The summed E-state index contributed by atoms with van der Waals surface area (Å²) >= 11 is 0. The predicted molar refractivity (Wildman–Crippen MR) is 102 cm³/mol. The third kappa shape index (κ3) is 5.63. The van der Waals surface area contributed by atoms with Crippen molar-refractivity contribution in [2.45, 2.75) is 32.0 Å². The molecule has 2 aromatic heterocycles. The molecule has 2 atom stereocenters. The quantitative estimate of drug-likeness (QED) is 0.761. The number of halogens is 3. The van der Waals surface area contributed by atoms with Crippen LogP contribution in [-0.4, -0.2) is 52.7 Å². The van der Waals surface area contributed by atoms with E-state index in [2.05, 4.69) is 4.98 Å². The molecule has 1 amide bonds. The Hall–Kier alpha value is -2.88. The van der Waals surface area contributed by atoms with Crippen LogP contribution >= 0.6 is 0 Å². The number of fused-ring (bicyclic) bond motifs is 1. The van der Waals surface area contributed by atoms with Gasteiger partial charge in [-0.15, -0.1) is 0 Å². The lowest BCUT2D eigenvalue weighted by Crippen LogP contribution is -2.34. The summed E-state index contributed by atoms with van der Waals surface area (Å²) in [4.78, 5) is 27.4. The van der Waals surface area contributed by atoms with Gasteiger partial charge in [0.25, 0.3) is 5.91 Å². The summed E-state index contributed by atoms with van der Waals surface area (Å²) in [6.45, 7) is 2.90. The number of alkyl halides is 3. The lowest BCUT2D eigenvalue weighted by atomic mass is 9.81. The number of pyridine rings is 1. The minimum atomic E-state index is -5.08. The summed E-state index contributed by atoms with van der Waals surface area (Å²) in [6, 6.07) is 7.46. The van der Waals surface area contributed by atoms with E-state index in [0.717, 1.165) is 25.1 Å². The number of hydrogen-bond donors (Lipinski definition) is 1. The van der Waals surface area contributed by atoms with Gasteiger partial charge in [-0.05, 0) is 48.6 Å². The molecule has 2 aromatic rings. The van der Waals surface area contributed by atoms with Crippen molar-refractivity contribution in [2.75, 3.05) is 19.7 Å². The Morgan fingerprint density at radius 3 is 2.61 bits per heavy atom. The van der Waals surface area contributed by atoms with Crippen molar-refractivity contribution in [2.24, 2.45) is 11.3 Å². The number of carbonyl (C=O) groups is 2. The monoisotopic (exact) mass is 440 g/mol. The third-order valence-electron chi connectivity index (χ3n) is 5.71. The van der Waals surface area contributed by atoms with Crippen molar-refractivity contribution in [1.82, 2.24) is 9.88 Å². The van der Waals surface area contributed by atoms with E-state index in [9.17, 15) is 18.0 Å². The average Bonchev–Trinajstić information content (AvgIpc) is 3.44. The minimum absolute atomic E-state index is 0.00269. The van der Waals surface area contributed by atoms with Gasteiger partial charge in [-0.3, -0.25) is 9.78 Å². The number of amides is 1. The molecule has 1 aliphatic carbocycles. The van der Waals surface area contributed by atoms with Crippen LogP contribution < -0.4 is 0 Å². The highest BCUT2D eigenvalue weighted by atomic mass is 19.4. The molecule has 0 aromatic carbocycles. The van der Waals surface area contributed by atoms with Gasteiger partial charge in [-0.25, -0.2) is 4.79 Å². The number of aromatic nitrogens is 1. The second kappa shape index (κ2) is 9.51. The van der Waals surface area contributed by atoms with E-state index in [1.807, 2.05) is 17.0 Å². The van der Waals surface area contributed by atoms with Gasteiger partial charge >= 0.3 is 12.1 Å². The molecule has 0 bridgehead atoms. The van der Waals surface area contributed by atoms with Gasteiger partial charge in [-0.1, -0.05) is 6.42 Å². The molecule has 1 saturated carbocycles. The highest BCUT2D eigenvalue weighted by Crippen LogP contribution is 2.49. The van der Waals surface area contributed by atoms with Crippen LogP contribution in [0.25, 0.3) is 0 Å². The van der Waals surface area contributed by atoms with Crippen molar-refractivity contribution in [3.05, 3.63) is 54.2 Å². The maximum absolute atomic E-state index is 12.6. The predicted octanol–water partition coefficient (Wildman–Crippen LogP) is 3.77. The molecule has 1 N–H and O–H groups in total. The number of hydrogen-bond acceptors (Lipinski definition) is 5. The molecule has 2 fully saturated rings. The topological polar surface area (TPSA) is 92.9 Å². The Balaban J connectivity index is 0.000000339. The molecular weight excluding hydrogens is 417 g/mol. The molecule has 10 heteroatoms. The highest BCUT2D eigenvalue weighted by Gasteiger charge is 2.51. The fourth-order valence-corrected chi connectivity index (χ4v) is 4.21. The number of nitrogens with zero attached hydrogens (tertiary/aromatic N) is 2. The Labute approximate surface area is 176 Å². The Morgan fingerprint density at radius 1 is 1.29 bits per heavy atom. The standard InChI is InChI=1S/C19H22N2O3.C2HF3O2/c22-18(17-4-2-10-24-17)21-11-16-3-1-7-19(16,13-21)14-23-12-15-5-8-20-9-6-15;3-2(4,5)1(6)7/h2,4-6,8-10,16H,1,3,7,11-14H2;(H,6,7)/t16-,19+;/m1./s1. The number of aliphatic carboxylic acids is 1. The largest absolute Gasteiger partial charge is 0.490 e. The number of likely N-dealkylation sites (tertiary alicyclic amines) is 1. The zero-order valence-corrected chi connectivity index (χ0v) is 16.7. The molecular formula is C21H23F3N2O5. The van der Waals surface area contributed by atoms with E-state index in [-0.39, 0.29) is 11.3 Å². The molecule has 3 heterocycles. The SMILES string of the molecule is O=C(O)C(F)(F)F.O=C(c1ccco1)N1C[C@H]2CCC[C@@]2(COCc2ccncc2)C1. The van der Waals surface area contributed by atoms with E-state index in [1.165, 1.54) is 12.8 Å². The van der Waals surface area contributed by atoms with Gasteiger partial charge in [0.1, 0.15) is 0 Å². The van der Waals surface area contributed by atoms with E-state index in [0.29, 0.717) is 24.9 Å². The number of carboxylic acids is 1. The smallest absolute Gasteiger partial charge is 0.475 e. The summed E-state index contributed by atoms with van der Waals surface area (Å²) < 4.78 is 43.0. The molecule has 1 saturated heterocycles. The van der Waals surface area contributed by atoms with E-state index >= 15 is 0 Å². The van der Waals surface area contributed by atoms with E-state index in [1.54, 1.807) is 30.8 Å². The van der Waals surface area contributed by atoms with Gasteiger partial charge in [0.05, 0.1) is 19.5 Å². The molecule has 0 radical (unpaired) electrons. The van der Waals surface area contributed by atoms with Crippen molar-refractivity contribution in [1.29, 1.82) is 0 Å². The van der Waals surface area contributed by atoms with Crippen molar-refractivity contribution < 1.29 is 37.0 Å². The van der Waals surface area contributed by atoms with Gasteiger partial charge in [0.2, 0.25) is 0 Å². The molecule has 0 unspecified atom stereocenters. The first kappa shape index (κ1) is 22.8. The maximum Gasteiger partial charge on any atom is 0.490 e. The summed E-state index contributed by atoms with van der Waals surface area (Å²) in [5.74, 6) is -1.79. The van der Waals surface area contributed by atoms with Crippen LogP contribution in [0, 0.1) is 11.3 Å². The molecule has 4 rings (SSSR count). The van der Waals surface area contributed by atoms with Gasteiger partial charge in [-0.2, -0.15) is 13.2 Å². The van der Waals surface area contributed by atoms with E-state index in [4.69, 9.17) is 19.1 Å². The molecule has 168 valence electrons. The number of carbonyl (C=O) groups excluding carboxylic acids is 1. The first-order chi connectivity index (χ1) is 14.7. The lowest BCUT2D eigenvalue weighted by Gasteiger charge is -2.28. The van der Waals surface area contributed by atoms with Crippen LogP contribution in [0.15, 0.2) is 47.3 Å². The Morgan fingerprint density at radius 2 is 2.00 bits per heavy atom. The lowest BCUT2D eigenvalue weighted by molar-refractivity contribution is -0.192. The number of rotatable bonds is 5. The molecule has 7 nitrogen and oxygen atoms in total. The molecule has 31 heavy (non-hydrogen) atoms. The Kier molecular flexibility index (Phi) is 6.99. The van der Waals surface area contributed by atoms with E-state index < -0.39 is 12.1 Å². The fraction of sp³-hybridized carbons (Fsp3) is 0.476. The van der Waals surface area contributed by atoms with Crippen LogP contribution in [0.1, 0.15) is 35.4 Å². The summed E-state index contributed by atoms with van der Waals surface area (Å²) in [7, 11) is 0. The Bertz CT molecular complexity index is 873. The van der Waals surface area contributed by atoms with Crippen molar-refractivity contribution in [3.63, 3.8) is 0 Å². The van der Waals surface area contributed by atoms with Crippen LogP contribution in [0.3, 0.4) is 0 Å². The summed E-state index contributed by atoms with van der Waals surface area (Å²) in [5, 5.41) is 7.12. The average molecular weight is 440 g/mol. The number of ether oxygens (including phenoxy) is 1. The third-order valence-corrected chi connectivity index (χ3v) is 5.71. The first-order valence-corrected chi connectivity index (χ1v) is 9.81. The normalized spacial score (nSPS) is 22.5. The highest BCUT2D eigenvalue weighted by molar-refractivity contribution is 5.91. The summed E-state index contributed by atoms with van der Waals surface area (Å²) in [5.41, 5.74) is 1.24. The molecule has 0 spiro atoms. The van der Waals surface area contributed by atoms with Gasteiger partial charge in [0, 0.05) is 30.9 Å². The number of furan rings is 1. The first-order valence-electron chi connectivity index (χ1n) is 9.81. The van der Waals surface area contributed by atoms with Crippen molar-refractivity contribution >= 4 is 11.9 Å². The van der Waals surface area contributed by atoms with Crippen LogP contribution in [0.2, 0.25) is 0 Å². The van der Waals surface area contributed by atoms with Gasteiger partial charge in [0.15, 0.2) is 5.76 Å². The second-order valence-corrected chi connectivity index (χ2v) is 7.77. The van der Waals surface area contributed by atoms with Crippen molar-refractivity contribution in [3.8, 4) is 0 Å². The molecule has 1 aliphatic heterocycles. The van der Waals surface area contributed by atoms with Crippen LogP contribution in [0.5, 0.6) is 0 Å². The zero-order chi connectivity index (χ0) is 22.5. The molecule has 2 aliphatic rings. The minimum Gasteiger partial charge on any atom is -0.475 e.